The van der Waals surface area contributed by atoms with Crippen molar-refractivity contribution in [3.63, 3.8) is 0 Å². The van der Waals surface area contributed by atoms with Gasteiger partial charge >= 0.3 is 27.3 Å². The SMILES string of the molecule is CC(=O)[O-].CC(=O)[O-].O.O.O.O.O.O.[Pb+2]. The van der Waals surface area contributed by atoms with Crippen LogP contribution in [0.1, 0.15) is 13.8 Å². The Morgan fingerprint density at radius 1 is 0.667 bits per heavy atom. The van der Waals surface area contributed by atoms with Crippen LogP contribution in [0.5, 0.6) is 0 Å². The molecule has 2 radical (unpaired) electrons. The van der Waals surface area contributed by atoms with E-state index < -0.39 is 11.9 Å². The standard InChI is InChI=1S/2C2H4O2.6H2O.Pb/c2*1-2(3)4;;;;;;;/h2*1H3,(H,3,4);6*1H2;/q;;;;;;;;+2/p-2. The zero-order chi connectivity index (χ0) is 7.15. The van der Waals surface area contributed by atoms with Crippen LogP contribution in [0.2, 0.25) is 0 Å². The van der Waals surface area contributed by atoms with Gasteiger partial charge in [0.2, 0.25) is 0 Å². The minimum atomic E-state index is -1.08. The molecule has 0 fully saturated rings. The molecule has 0 unspecified atom stereocenters. The zero-order valence-corrected chi connectivity index (χ0v) is 12.0. The summed E-state index contributed by atoms with van der Waals surface area (Å²) in [5, 5.41) is 17.8. The number of carboxylic acids is 2. The number of carbonyl (C=O) groups excluding carboxylic acids is 2. The third kappa shape index (κ3) is 12900. The Labute approximate surface area is 106 Å². The summed E-state index contributed by atoms with van der Waals surface area (Å²) in [5.41, 5.74) is 0. The van der Waals surface area contributed by atoms with Crippen molar-refractivity contribution in [2.24, 2.45) is 0 Å². The van der Waals surface area contributed by atoms with Gasteiger partial charge in [0.05, 0.1) is 0 Å². The predicted octanol–water partition coefficient (Wildman–Crippen LogP) is -7.82. The van der Waals surface area contributed by atoms with Crippen LogP contribution in [0, 0.1) is 0 Å². The third-order valence-electron chi connectivity index (χ3n) is 0. The summed E-state index contributed by atoms with van der Waals surface area (Å²) < 4.78 is 0. The first-order valence-electron chi connectivity index (χ1n) is 1.82. The van der Waals surface area contributed by atoms with Crippen LogP contribution in [0.4, 0.5) is 0 Å². The summed E-state index contributed by atoms with van der Waals surface area (Å²) in [6.07, 6.45) is 0. The minimum absolute atomic E-state index is 0. The maximum atomic E-state index is 8.89. The maximum absolute atomic E-state index is 8.89. The number of hydrogen-bond acceptors (Lipinski definition) is 4. The topological polar surface area (TPSA) is 269 Å². The van der Waals surface area contributed by atoms with E-state index in [9.17, 15) is 0 Å². The van der Waals surface area contributed by atoms with E-state index in [4.69, 9.17) is 19.8 Å². The molecule has 0 rings (SSSR count). The van der Waals surface area contributed by atoms with Crippen LogP contribution in [-0.2, 0) is 9.59 Å². The first-order valence-corrected chi connectivity index (χ1v) is 1.82. The van der Waals surface area contributed by atoms with Gasteiger partial charge in [-0.3, -0.25) is 0 Å². The Bertz CT molecular complexity index is 75.4. The second-order valence-corrected chi connectivity index (χ2v) is 0.983. The normalized spacial score (nSPS) is 3.33. The molecule has 0 heterocycles. The average molecular weight is 433 g/mol. The van der Waals surface area contributed by atoms with E-state index in [0.717, 1.165) is 13.8 Å². The summed E-state index contributed by atoms with van der Waals surface area (Å²) in [5.74, 6) is -2.17. The number of aliphatic carboxylic acids is 2. The molecule has 0 saturated heterocycles. The van der Waals surface area contributed by atoms with Gasteiger partial charge in [0.1, 0.15) is 0 Å². The molecule has 0 aromatic rings. The van der Waals surface area contributed by atoms with Gasteiger partial charge in [-0.1, -0.05) is 0 Å². The van der Waals surface area contributed by atoms with Crippen molar-refractivity contribution in [1.29, 1.82) is 0 Å². The molecule has 0 aromatic heterocycles. The smallest absolute Gasteiger partial charge is 0.550 e. The van der Waals surface area contributed by atoms with E-state index >= 15 is 0 Å². The van der Waals surface area contributed by atoms with Crippen LogP contribution < -0.4 is 10.2 Å². The number of hydrogen-bond donors (Lipinski definition) is 0. The van der Waals surface area contributed by atoms with E-state index in [1.165, 1.54) is 0 Å². The summed E-state index contributed by atoms with van der Waals surface area (Å²) in [4.78, 5) is 17.8. The maximum Gasteiger partial charge on any atom is 2.00 e. The number of carboxylic acid groups (broad SMARTS) is 2. The van der Waals surface area contributed by atoms with Gasteiger partial charge in [0.15, 0.2) is 0 Å². The first kappa shape index (κ1) is 85.8. The second kappa shape index (κ2) is 68.7. The Balaban J connectivity index is -0.00000000468. The fourth-order valence-electron chi connectivity index (χ4n) is 0. The third-order valence-corrected chi connectivity index (χ3v) is 0. The van der Waals surface area contributed by atoms with Gasteiger partial charge in [-0.2, -0.15) is 0 Å². The van der Waals surface area contributed by atoms with Crippen LogP contribution in [0.15, 0.2) is 0 Å². The van der Waals surface area contributed by atoms with E-state index in [1.807, 2.05) is 0 Å². The zero-order valence-electron chi connectivity index (χ0n) is 8.13. The molecule has 0 atom stereocenters. The van der Waals surface area contributed by atoms with Crippen molar-refractivity contribution >= 4 is 39.2 Å². The molecule has 0 spiro atoms. The Morgan fingerprint density at radius 3 is 0.667 bits per heavy atom. The van der Waals surface area contributed by atoms with Crippen molar-refractivity contribution in [1.82, 2.24) is 0 Å². The van der Waals surface area contributed by atoms with Crippen LogP contribution in [0.3, 0.4) is 0 Å². The minimum Gasteiger partial charge on any atom is -0.550 e. The van der Waals surface area contributed by atoms with Crippen molar-refractivity contribution in [2.75, 3.05) is 0 Å². The van der Waals surface area contributed by atoms with Crippen molar-refractivity contribution < 1.29 is 52.7 Å². The van der Waals surface area contributed by atoms with E-state index in [1.54, 1.807) is 0 Å². The summed E-state index contributed by atoms with van der Waals surface area (Å²) in [6.45, 7) is 1.94. The Hall–Kier alpha value is -0.378. The van der Waals surface area contributed by atoms with E-state index in [-0.39, 0.29) is 60.2 Å². The molecule has 0 amide bonds. The van der Waals surface area contributed by atoms with Gasteiger partial charge in [-0.25, -0.2) is 0 Å². The predicted molar refractivity (Wildman–Crippen MR) is 48.8 cm³/mol. The van der Waals surface area contributed by atoms with Gasteiger partial charge in [0, 0.05) is 11.9 Å². The molecule has 0 saturated carbocycles. The molecule has 12 N–H and O–H groups in total. The Kier molecular flexibility index (Phi) is 393. The number of rotatable bonds is 0. The van der Waals surface area contributed by atoms with Crippen molar-refractivity contribution in [3.05, 3.63) is 0 Å². The van der Waals surface area contributed by atoms with Gasteiger partial charge in [0.25, 0.3) is 0 Å². The summed E-state index contributed by atoms with van der Waals surface area (Å²) >= 11 is 0. The molecule has 0 bridgehead atoms. The fourth-order valence-corrected chi connectivity index (χ4v) is 0. The fraction of sp³-hybridized carbons (Fsp3) is 0.500. The second-order valence-electron chi connectivity index (χ2n) is 0.983. The van der Waals surface area contributed by atoms with Crippen LogP contribution in [-0.4, -0.2) is 72.1 Å². The molecule has 98 valence electrons. The average Bonchev–Trinajstić information content (AvgIpc) is 1.25. The van der Waals surface area contributed by atoms with Gasteiger partial charge < -0.3 is 52.7 Å². The Morgan fingerprint density at radius 2 is 0.667 bits per heavy atom. The van der Waals surface area contributed by atoms with Crippen LogP contribution in [0.25, 0.3) is 0 Å². The van der Waals surface area contributed by atoms with Crippen LogP contribution >= 0.6 is 0 Å². The van der Waals surface area contributed by atoms with Crippen molar-refractivity contribution in [2.45, 2.75) is 13.8 Å². The first-order chi connectivity index (χ1) is 3.46. The molecule has 15 heavy (non-hydrogen) atoms. The molecular weight excluding hydrogens is 415 g/mol. The van der Waals surface area contributed by atoms with E-state index in [2.05, 4.69) is 0 Å². The van der Waals surface area contributed by atoms with Gasteiger partial charge in [-0.15, -0.1) is 0 Å². The summed E-state index contributed by atoms with van der Waals surface area (Å²) in [6, 6.07) is 0. The van der Waals surface area contributed by atoms with Gasteiger partial charge in [-0.05, 0) is 13.8 Å². The quantitative estimate of drug-likeness (QED) is 0.336. The molecular formula is C4H18O10Pb. The molecule has 0 aromatic carbocycles. The van der Waals surface area contributed by atoms with Crippen molar-refractivity contribution in [3.8, 4) is 0 Å². The van der Waals surface area contributed by atoms with E-state index in [0.29, 0.717) is 0 Å². The molecule has 0 aliphatic heterocycles. The molecule has 10 nitrogen and oxygen atoms in total. The largest absolute Gasteiger partial charge is 2.00 e. The molecule has 0 aliphatic carbocycles. The molecule has 11 heteroatoms. The molecule has 0 aliphatic rings. The number of carbonyl (C=O) groups is 2. The summed E-state index contributed by atoms with van der Waals surface area (Å²) in [7, 11) is 0. The monoisotopic (exact) mass is 434 g/mol.